The Kier molecular flexibility index (Phi) is 5.76. The maximum Gasteiger partial charge on any atom is 0.337 e. The molecule has 0 fully saturated rings. The van der Waals surface area contributed by atoms with Gasteiger partial charge in [0.1, 0.15) is 5.69 Å². The molecule has 0 bridgehead atoms. The van der Waals surface area contributed by atoms with E-state index in [1.54, 1.807) is 6.07 Å². The number of carboxylic acids is 1. The van der Waals surface area contributed by atoms with Crippen LogP contribution in [0.1, 0.15) is 10.4 Å². The van der Waals surface area contributed by atoms with Crippen molar-refractivity contribution in [1.29, 1.82) is 0 Å². The summed E-state index contributed by atoms with van der Waals surface area (Å²) in [6.45, 7) is 0. The molecule has 10 heteroatoms. The quantitative estimate of drug-likeness (QED) is 0.345. The van der Waals surface area contributed by atoms with Gasteiger partial charge in [-0.25, -0.2) is 9.78 Å². The van der Waals surface area contributed by atoms with Crippen molar-refractivity contribution in [2.24, 2.45) is 10.2 Å². The molecule has 2 aromatic rings. The van der Waals surface area contributed by atoms with Crippen molar-refractivity contribution in [2.45, 2.75) is 0 Å². The Balaban J connectivity index is 2.51. The van der Waals surface area contributed by atoms with Crippen LogP contribution in [0.3, 0.4) is 0 Å². The highest BCUT2D eigenvalue weighted by Gasteiger charge is 2.19. The van der Waals surface area contributed by atoms with E-state index in [0.717, 1.165) is 3.57 Å². The number of carboxylic acid groups (broad SMARTS) is 1. The van der Waals surface area contributed by atoms with Gasteiger partial charge in [-0.1, -0.05) is 0 Å². The highest BCUT2D eigenvalue weighted by atomic mass is 127. The molecule has 0 aliphatic heterocycles. The van der Waals surface area contributed by atoms with E-state index in [4.69, 9.17) is 11.5 Å². The fourth-order valence-electron chi connectivity index (χ4n) is 1.54. The predicted molar refractivity (Wildman–Crippen MR) is 109 cm³/mol. The van der Waals surface area contributed by atoms with Gasteiger partial charge >= 0.3 is 5.97 Å². The van der Waals surface area contributed by atoms with Gasteiger partial charge < -0.3 is 16.6 Å². The minimum absolute atomic E-state index is 0.203. The van der Waals surface area contributed by atoms with Crippen molar-refractivity contribution < 1.29 is 9.90 Å². The summed E-state index contributed by atoms with van der Waals surface area (Å²) in [6.07, 6.45) is 1.43. The number of nitrogens with zero attached hydrogens (tertiary/aromatic N) is 3. The van der Waals surface area contributed by atoms with Crippen molar-refractivity contribution in [3.63, 3.8) is 0 Å². The molecule has 22 heavy (non-hydrogen) atoms. The number of aromatic carboxylic acids is 1. The zero-order valence-electron chi connectivity index (χ0n) is 10.7. The zero-order chi connectivity index (χ0) is 16.4. The average Bonchev–Trinajstić information content (AvgIpc) is 2.39. The normalized spacial score (nSPS) is 11.0. The topological polar surface area (TPSA) is 127 Å². The second-order valence-electron chi connectivity index (χ2n) is 4.06. The van der Waals surface area contributed by atoms with Crippen LogP contribution in [0, 0.1) is 10.7 Å². The van der Waals surface area contributed by atoms with E-state index in [-0.39, 0.29) is 11.4 Å². The van der Waals surface area contributed by atoms with Crippen molar-refractivity contribution in [2.75, 3.05) is 11.5 Å². The first-order valence-electron chi connectivity index (χ1n) is 5.64. The standard InChI is InChI=1S/C12H8I3N5O2/c13-5-2-6(14)10(9(15)8(5)12(21)22)19-20-11-7(17)1-4(16)3-18-11/h1-3H,16-17H2,(H,21,22). The Hall–Kier alpha value is -0.770. The molecule has 0 saturated carbocycles. The number of carbonyl (C=O) groups is 1. The number of aromatic nitrogens is 1. The summed E-state index contributed by atoms with van der Waals surface area (Å²) in [5.74, 6) is -0.775. The summed E-state index contributed by atoms with van der Waals surface area (Å²) in [7, 11) is 0. The van der Waals surface area contributed by atoms with Crippen LogP contribution in [0.2, 0.25) is 0 Å². The fourth-order valence-corrected chi connectivity index (χ4v) is 5.59. The van der Waals surface area contributed by atoms with Crippen LogP contribution in [0.4, 0.5) is 22.9 Å². The van der Waals surface area contributed by atoms with Gasteiger partial charge in [0.2, 0.25) is 0 Å². The number of anilines is 2. The number of hydrogen-bond donors (Lipinski definition) is 3. The van der Waals surface area contributed by atoms with Gasteiger partial charge in [-0.15, -0.1) is 10.2 Å². The summed E-state index contributed by atoms with van der Waals surface area (Å²) in [5, 5.41) is 17.4. The zero-order valence-corrected chi connectivity index (χ0v) is 17.2. The molecular weight excluding hydrogens is 627 g/mol. The van der Waals surface area contributed by atoms with E-state index < -0.39 is 5.97 Å². The van der Waals surface area contributed by atoms with Crippen molar-refractivity contribution in [3.8, 4) is 0 Å². The molecule has 1 aromatic heterocycles. The van der Waals surface area contributed by atoms with Gasteiger partial charge in [0.15, 0.2) is 5.82 Å². The third-order valence-electron chi connectivity index (χ3n) is 2.52. The number of hydrogen-bond acceptors (Lipinski definition) is 6. The molecule has 0 aliphatic rings. The second-order valence-corrected chi connectivity index (χ2v) is 7.47. The molecule has 0 radical (unpaired) electrons. The number of nitrogens with two attached hydrogens (primary N) is 2. The van der Waals surface area contributed by atoms with Crippen LogP contribution in [0.5, 0.6) is 0 Å². The van der Waals surface area contributed by atoms with Crippen LogP contribution < -0.4 is 11.5 Å². The molecule has 0 spiro atoms. The smallest absolute Gasteiger partial charge is 0.337 e. The van der Waals surface area contributed by atoms with E-state index in [9.17, 15) is 9.90 Å². The maximum atomic E-state index is 11.3. The first-order valence-corrected chi connectivity index (χ1v) is 8.88. The van der Waals surface area contributed by atoms with Crippen molar-refractivity contribution >= 4 is 96.6 Å². The Bertz CT molecular complexity index is 795. The van der Waals surface area contributed by atoms with Gasteiger partial charge in [0, 0.05) is 7.14 Å². The highest BCUT2D eigenvalue weighted by Crippen LogP contribution is 2.35. The molecule has 2 rings (SSSR count). The molecule has 1 heterocycles. The molecular formula is C12H8I3N5O2. The Morgan fingerprint density at radius 2 is 1.82 bits per heavy atom. The number of rotatable bonds is 3. The van der Waals surface area contributed by atoms with Crippen molar-refractivity contribution in [3.05, 3.63) is 34.6 Å². The first kappa shape index (κ1) is 17.6. The molecule has 0 unspecified atom stereocenters. The van der Waals surface area contributed by atoms with Crippen LogP contribution in [-0.2, 0) is 0 Å². The summed E-state index contributed by atoms with van der Waals surface area (Å²) in [4.78, 5) is 15.3. The van der Waals surface area contributed by atoms with Gasteiger partial charge in [0.05, 0.1) is 26.7 Å². The predicted octanol–water partition coefficient (Wildman–Crippen LogP) is 4.17. The highest BCUT2D eigenvalue weighted by molar-refractivity contribution is 14.1. The van der Waals surface area contributed by atoms with E-state index in [1.165, 1.54) is 12.3 Å². The maximum absolute atomic E-state index is 11.3. The Morgan fingerprint density at radius 1 is 1.14 bits per heavy atom. The first-order chi connectivity index (χ1) is 10.3. The van der Waals surface area contributed by atoms with E-state index in [1.807, 2.05) is 45.2 Å². The molecule has 5 N–H and O–H groups in total. The van der Waals surface area contributed by atoms with E-state index in [2.05, 4.69) is 37.8 Å². The summed E-state index contributed by atoms with van der Waals surface area (Å²) in [6, 6.07) is 3.27. The van der Waals surface area contributed by atoms with E-state index in [0.29, 0.717) is 24.2 Å². The third-order valence-corrected chi connectivity index (χ3v) is 5.24. The fraction of sp³-hybridized carbons (Fsp3) is 0. The lowest BCUT2D eigenvalue weighted by Crippen LogP contribution is -2.04. The number of halogens is 3. The number of nitrogen functional groups attached to an aromatic ring is 2. The second kappa shape index (κ2) is 7.20. The van der Waals surface area contributed by atoms with Gasteiger partial charge in [0.25, 0.3) is 0 Å². The molecule has 0 amide bonds. The van der Waals surface area contributed by atoms with Crippen LogP contribution >= 0.6 is 67.8 Å². The molecule has 7 nitrogen and oxygen atoms in total. The van der Waals surface area contributed by atoms with Gasteiger partial charge in [-0.05, 0) is 79.9 Å². The lowest BCUT2D eigenvalue weighted by Gasteiger charge is -2.07. The number of azo groups is 1. The molecule has 0 aliphatic carbocycles. The number of benzene rings is 1. The summed E-state index contributed by atoms with van der Waals surface area (Å²) < 4.78 is 1.94. The summed E-state index contributed by atoms with van der Waals surface area (Å²) in [5.41, 5.74) is 12.7. The summed E-state index contributed by atoms with van der Waals surface area (Å²) >= 11 is 6.01. The number of pyridine rings is 1. The Morgan fingerprint density at radius 3 is 2.41 bits per heavy atom. The SMILES string of the molecule is Nc1cnc(N=Nc2c(I)cc(I)c(C(=O)O)c2I)c(N)c1. The average molecular weight is 635 g/mol. The monoisotopic (exact) mass is 635 g/mol. The lowest BCUT2D eigenvalue weighted by molar-refractivity contribution is 0.0694. The lowest BCUT2D eigenvalue weighted by atomic mass is 10.2. The minimum atomic E-state index is -1.01. The minimum Gasteiger partial charge on any atom is -0.478 e. The van der Waals surface area contributed by atoms with Crippen LogP contribution in [0.15, 0.2) is 28.6 Å². The van der Waals surface area contributed by atoms with Gasteiger partial charge in [-0.2, -0.15) is 0 Å². The molecule has 1 aromatic carbocycles. The molecule has 0 saturated heterocycles. The van der Waals surface area contributed by atoms with Crippen LogP contribution in [-0.4, -0.2) is 16.1 Å². The Labute approximate surface area is 166 Å². The largest absolute Gasteiger partial charge is 0.478 e. The van der Waals surface area contributed by atoms with E-state index >= 15 is 0 Å². The van der Waals surface area contributed by atoms with Crippen LogP contribution in [0.25, 0.3) is 0 Å². The third kappa shape index (κ3) is 3.76. The van der Waals surface area contributed by atoms with Crippen molar-refractivity contribution in [1.82, 2.24) is 4.98 Å². The molecule has 0 atom stereocenters. The molecule has 114 valence electrons. The van der Waals surface area contributed by atoms with Gasteiger partial charge in [-0.3, -0.25) is 0 Å².